The molecule has 2 heterocycles. The van der Waals surface area contributed by atoms with Gasteiger partial charge in [-0.1, -0.05) is 18.6 Å². The first kappa shape index (κ1) is 9.52. The first-order chi connectivity index (χ1) is 6.72. The number of urea groups is 1. The van der Waals surface area contributed by atoms with Crippen molar-refractivity contribution in [2.24, 2.45) is 0 Å². The van der Waals surface area contributed by atoms with E-state index in [0.717, 1.165) is 19.5 Å². The minimum absolute atomic E-state index is 0.0107. The highest BCUT2D eigenvalue weighted by molar-refractivity contribution is 5.77. The normalized spacial score (nSPS) is 25.7. The fourth-order valence-corrected chi connectivity index (χ4v) is 1.93. The van der Waals surface area contributed by atoms with E-state index < -0.39 is 0 Å². The standard InChI is InChI=1S/C10H16N2O2/c1-3-4-14-12-9-5-8(2)6-11(7-9)10(12)13/h5,9H,3-4,6-7H2,1-2H3. The lowest BCUT2D eigenvalue weighted by Gasteiger charge is -2.19. The highest BCUT2D eigenvalue weighted by atomic mass is 16.7. The zero-order valence-electron chi connectivity index (χ0n) is 8.69. The largest absolute Gasteiger partial charge is 0.344 e. The molecule has 0 N–H and O–H groups in total. The van der Waals surface area contributed by atoms with Gasteiger partial charge in [-0.15, -0.1) is 0 Å². The molecule has 4 heteroatoms. The third-order valence-electron chi connectivity index (χ3n) is 2.52. The lowest BCUT2D eigenvalue weighted by molar-refractivity contribution is -0.119. The van der Waals surface area contributed by atoms with Crippen molar-refractivity contribution < 1.29 is 9.63 Å². The highest BCUT2D eigenvalue weighted by Gasteiger charge is 2.39. The third-order valence-corrected chi connectivity index (χ3v) is 2.52. The van der Waals surface area contributed by atoms with Gasteiger partial charge in [-0.05, 0) is 13.3 Å². The van der Waals surface area contributed by atoms with E-state index in [1.165, 1.54) is 10.6 Å². The Morgan fingerprint density at radius 3 is 3.14 bits per heavy atom. The average Bonchev–Trinajstić information content (AvgIpc) is 2.37. The highest BCUT2D eigenvalue weighted by Crippen LogP contribution is 2.24. The maximum Gasteiger partial charge on any atom is 0.344 e. The summed E-state index contributed by atoms with van der Waals surface area (Å²) in [7, 11) is 0. The summed E-state index contributed by atoms with van der Waals surface area (Å²) in [6, 6.07) is 0.138. The molecule has 0 aromatic carbocycles. The van der Waals surface area contributed by atoms with Crippen molar-refractivity contribution in [2.75, 3.05) is 19.7 Å². The van der Waals surface area contributed by atoms with Gasteiger partial charge in [0.2, 0.25) is 0 Å². The fraction of sp³-hybridized carbons (Fsp3) is 0.700. The van der Waals surface area contributed by atoms with Crippen molar-refractivity contribution in [3.05, 3.63) is 11.6 Å². The van der Waals surface area contributed by atoms with Gasteiger partial charge in [0.15, 0.2) is 0 Å². The van der Waals surface area contributed by atoms with Gasteiger partial charge < -0.3 is 4.90 Å². The summed E-state index contributed by atoms with van der Waals surface area (Å²) >= 11 is 0. The van der Waals surface area contributed by atoms with Crippen molar-refractivity contribution in [1.29, 1.82) is 0 Å². The van der Waals surface area contributed by atoms with Gasteiger partial charge in [-0.2, -0.15) is 5.06 Å². The Bertz CT molecular complexity index is 275. The van der Waals surface area contributed by atoms with Gasteiger partial charge in [0.05, 0.1) is 12.6 Å². The summed E-state index contributed by atoms with van der Waals surface area (Å²) in [5.41, 5.74) is 1.25. The quantitative estimate of drug-likeness (QED) is 0.639. The Hall–Kier alpha value is -1.03. The Balaban J connectivity index is 2.07. The molecule has 0 aliphatic carbocycles. The topological polar surface area (TPSA) is 32.8 Å². The van der Waals surface area contributed by atoms with Gasteiger partial charge in [0.25, 0.3) is 0 Å². The second-order valence-electron chi connectivity index (χ2n) is 3.90. The molecule has 14 heavy (non-hydrogen) atoms. The van der Waals surface area contributed by atoms with Gasteiger partial charge in [0.1, 0.15) is 0 Å². The lowest BCUT2D eigenvalue weighted by Crippen LogP contribution is -2.33. The van der Waals surface area contributed by atoms with Crippen LogP contribution in [-0.2, 0) is 4.84 Å². The van der Waals surface area contributed by atoms with Crippen LogP contribution in [0.4, 0.5) is 4.79 Å². The fourth-order valence-electron chi connectivity index (χ4n) is 1.93. The third kappa shape index (κ3) is 1.50. The molecule has 78 valence electrons. The van der Waals surface area contributed by atoms with Crippen LogP contribution >= 0.6 is 0 Å². The van der Waals surface area contributed by atoms with Crippen molar-refractivity contribution >= 4 is 6.03 Å². The maximum atomic E-state index is 11.7. The maximum absolute atomic E-state index is 11.7. The number of nitrogens with zero attached hydrogens (tertiary/aromatic N) is 2. The van der Waals surface area contributed by atoms with E-state index in [2.05, 4.69) is 13.0 Å². The number of carbonyl (C=O) groups is 1. The van der Waals surface area contributed by atoms with Crippen molar-refractivity contribution in [3.8, 4) is 0 Å². The van der Waals surface area contributed by atoms with E-state index in [-0.39, 0.29) is 12.1 Å². The number of amides is 2. The number of fused-ring (bicyclic) bond motifs is 2. The number of hydrogen-bond donors (Lipinski definition) is 0. The Morgan fingerprint density at radius 2 is 2.43 bits per heavy atom. The summed E-state index contributed by atoms with van der Waals surface area (Å²) < 4.78 is 0. The predicted octanol–water partition coefficient (Wildman–Crippen LogP) is 1.39. The smallest absolute Gasteiger partial charge is 0.316 e. The summed E-state index contributed by atoms with van der Waals surface area (Å²) in [5, 5.41) is 1.51. The minimum atomic E-state index is 0.0107. The molecule has 1 atom stereocenters. The number of hydroxylamine groups is 2. The molecule has 2 rings (SSSR count). The summed E-state index contributed by atoms with van der Waals surface area (Å²) in [4.78, 5) is 19.0. The summed E-state index contributed by atoms with van der Waals surface area (Å²) in [5.74, 6) is 0. The van der Waals surface area contributed by atoms with Crippen LogP contribution in [0.1, 0.15) is 20.3 Å². The first-order valence-corrected chi connectivity index (χ1v) is 5.10. The van der Waals surface area contributed by atoms with Crippen LogP contribution in [0, 0.1) is 0 Å². The van der Waals surface area contributed by atoms with E-state index in [1.807, 2.05) is 11.8 Å². The average molecular weight is 196 g/mol. The van der Waals surface area contributed by atoms with Gasteiger partial charge in [-0.3, -0.25) is 4.84 Å². The number of hydrogen-bond acceptors (Lipinski definition) is 2. The molecule has 0 aromatic rings. The Morgan fingerprint density at radius 1 is 1.64 bits per heavy atom. The van der Waals surface area contributed by atoms with Crippen LogP contribution in [0.3, 0.4) is 0 Å². The van der Waals surface area contributed by atoms with E-state index >= 15 is 0 Å². The molecule has 1 saturated heterocycles. The molecule has 1 fully saturated rings. The van der Waals surface area contributed by atoms with Gasteiger partial charge in [0, 0.05) is 13.1 Å². The molecule has 2 amide bonds. The number of carbonyl (C=O) groups excluding carboxylic acids is 1. The molecule has 4 nitrogen and oxygen atoms in total. The predicted molar refractivity (Wildman–Crippen MR) is 52.6 cm³/mol. The van der Waals surface area contributed by atoms with Crippen LogP contribution in [-0.4, -0.2) is 41.7 Å². The molecule has 1 unspecified atom stereocenters. The summed E-state index contributed by atoms with van der Waals surface area (Å²) in [6.45, 7) is 6.23. The SMILES string of the molecule is CCCON1C(=O)N2CC(C)=CC1C2. The Kier molecular flexibility index (Phi) is 2.46. The molecule has 2 aliphatic rings. The molecular formula is C10H16N2O2. The zero-order valence-corrected chi connectivity index (χ0v) is 8.69. The minimum Gasteiger partial charge on any atom is -0.316 e. The van der Waals surface area contributed by atoms with Crippen molar-refractivity contribution in [2.45, 2.75) is 26.3 Å². The van der Waals surface area contributed by atoms with E-state index in [9.17, 15) is 4.79 Å². The van der Waals surface area contributed by atoms with Crippen molar-refractivity contribution in [3.63, 3.8) is 0 Å². The molecule has 0 radical (unpaired) electrons. The monoisotopic (exact) mass is 196 g/mol. The second-order valence-corrected chi connectivity index (χ2v) is 3.90. The van der Waals surface area contributed by atoms with Crippen LogP contribution < -0.4 is 0 Å². The Labute approximate surface area is 84.1 Å². The second kappa shape index (κ2) is 3.61. The molecule has 2 aliphatic heterocycles. The molecule has 2 bridgehead atoms. The van der Waals surface area contributed by atoms with Crippen LogP contribution in [0.2, 0.25) is 0 Å². The molecular weight excluding hydrogens is 180 g/mol. The van der Waals surface area contributed by atoms with E-state index in [4.69, 9.17) is 4.84 Å². The molecule has 0 saturated carbocycles. The van der Waals surface area contributed by atoms with Crippen LogP contribution in [0.15, 0.2) is 11.6 Å². The first-order valence-electron chi connectivity index (χ1n) is 5.10. The van der Waals surface area contributed by atoms with Crippen molar-refractivity contribution in [1.82, 2.24) is 9.96 Å². The summed E-state index contributed by atoms with van der Waals surface area (Å²) in [6.07, 6.45) is 3.05. The van der Waals surface area contributed by atoms with Gasteiger partial charge >= 0.3 is 6.03 Å². The van der Waals surface area contributed by atoms with E-state index in [0.29, 0.717) is 6.61 Å². The van der Waals surface area contributed by atoms with Gasteiger partial charge in [-0.25, -0.2) is 4.79 Å². The van der Waals surface area contributed by atoms with Crippen LogP contribution in [0.25, 0.3) is 0 Å². The molecule has 0 aromatic heterocycles. The number of rotatable bonds is 3. The zero-order chi connectivity index (χ0) is 10.1. The van der Waals surface area contributed by atoms with Crippen LogP contribution in [0.5, 0.6) is 0 Å². The molecule has 0 spiro atoms. The lowest BCUT2D eigenvalue weighted by atomic mass is 10.1. The van der Waals surface area contributed by atoms with E-state index in [1.54, 1.807) is 0 Å².